The van der Waals surface area contributed by atoms with Crippen LogP contribution in [0.4, 0.5) is 5.69 Å². The maximum absolute atomic E-state index is 9.66. The zero-order valence-corrected chi connectivity index (χ0v) is 15.8. The summed E-state index contributed by atoms with van der Waals surface area (Å²) in [7, 11) is 1.61. The Hall–Kier alpha value is -1.55. The highest BCUT2D eigenvalue weighted by atomic mass is 16.7. The molecular weight excluding hydrogens is 315 g/mol. The van der Waals surface area contributed by atoms with E-state index in [1.54, 1.807) is 0 Å². The molecule has 3 rings (SSSR count). The van der Waals surface area contributed by atoms with Crippen LogP contribution < -0.4 is 10.4 Å². The summed E-state index contributed by atoms with van der Waals surface area (Å²) in [5.41, 5.74) is 1.72. The fourth-order valence-corrected chi connectivity index (χ4v) is 3.35. The maximum atomic E-state index is 9.66. The SMILES string of the molecule is CN(c1ccc(B2OC(C)(C)C(C)(C)O2)cc1C#N)C1CCOCC1. The van der Waals surface area contributed by atoms with Gasteiger partial charge < -0.3 is 18.9 Å². The van der Waals surface area contributed by atoms with Crippen molar-refractivity contribution in [3.05, 3.63) is 23.8 Å². The van der Waals surface area contributed by atoms with Crippen LogP contribution in [-0.2, 0) is 14.0 Å². The van der Waals surface area contributed by atoms with E-state index in [1.165, 1.54) is 0 Å². The number of rotatable bonds is 3. The highest BCUT2D eigenvalue weighted by Gasteiger charge is 2.51. The molecule has 2 aliphatic heterocycles. The second-order valence-electron chi connectivity index (χ2n) is 7.93. The monoisotopic (exact) mass is 342 g/mol. The molecule has 2 fully saturated rings. The second kappa shape index (κ2) is 6.64. The largest absolute Gasteiger partial charge is 0.494 e. The van der Waals surface area contributed by atoms with Gasteiger partial charge in [0, 0.05) is 26.3 Å². The van der Waals surface area contributed by atoms with Crippen molar-refractivity contribution in [3.8, 4) is 6.07 Å². The molecule has 6 heteroatoms. The van der Waals surface area contributed by atoms with Gasteiger partial charge in [0.05, 0.1) is 22.5 Å². The molecule has 5 nitrogen and oxygen atoms in total. The molecule has 2 saturated heterocycles. The molecule has 0 N–H and O–H groups in total. The van der Waals surface area contributed by atoms with Gasteiger partial charge >= 0.3 is 7.12 Å². The molecule has 134 valence electrons. The van der Waals surface area contributed by atoms with Crippen molar-refractivity contribution in [2.24, 2.45) is 0 Å². The zero-order valence-electron chi connectivity index (χ0n) is 15.8. The van der Waals surface area contributed by atoms with E-state index in [-0.39, 0.29) is 11.2 Å². The van der Waals surface area contributed by atoms with Crippen LogP contribution >= 0.6 is 0 Å². The first-order chi connectivity index (χ1) is 11.7. The molecular formula is C19H27BN2O3. The van der Waals surface area contributed by atoms with E-state index in [9.17, 15) is 5.26 Å². The number of hydrogen-bond donors (Lipinski definition) is 0. The molecule has 0 aromatic heterocycles. The zero-order chi connectivity index (χ0) is 18.2. The molecule has 0 bridgehead atoms. The minimum absolute atomic E-state index is 0.387. The Balaban J connectivity index is 1.84. The number of benzene rings is 1. The third-order valence-corrected chi connectivity index (χ3v) is 5.79. The van der Waals surface area contributed by atoms with Gasteiger partial charge in [0.2, 0.25) is 0 Å². The molecule has 1 aromatic carbocycles. The number of nitriles is 1. The van der Waals surface area contributed by atoms with Crippen LogP contribution in [0.1, 0.15) is 46.1 Å². The van der Waals surface area contributed by atoms with Crippen LogP contribution in [-0.4, -0.2) is 44.6 Å². The quantitative estimate of drug-likeness (QED) is 0.790. The van der Waals surface area contributed by atoms with Crippen LogP contribution in [0.3, 0.4) is 0 Å². The van der Waals surface area contributed by atoms with Crippen molar-refractivity contribution >= 4 is 18.3 Å². The first-order valence-corrected chi connectivity index (χ1v) is 8.95. The minimum atomic E-state index is -0.445. The fraction of sp³-hybridized carbons (Fsp3) is 0.632. The topological polar surface area (TPSA) is 54.7 Å². The molecule has 0 spiro atoms. The van der Waals surface area contributed by atoms with Gasteiger partial charge in [-0.15, -0.1) is 0 Å². The summed E-state index contributed by atoms with van der Waals surface area (Å²) < 4.78 is 17.7. The second-order valence-corrected chi connectivity index (χ2v) is 7.93. The van der Waals surface area contributed by atoms with Crippen molar-refractivity contribution in [1.29, 1.82) is 5.26 Å². The van der Waals surface area contributed by atoms with Gasteiger partial charge in [-0.3, -0.25) is 0 Å². The van der Waals surface area contributed by atoms with Gasteiger partial charge in [0.15, 0.2) is 0 Å². The summed E-state index contributed by atoms with van der Waals surface area (Å²) in [6, 6.07) is 8.66. The molecule has 2 aliphatic rings. The lowest BCUT2D eigenvalue weighted by atomic mass is 9.78. The van der Waals surface area contributed by atoms with Crippen molar-refractivity contribution in [2.45, 2.75) is 57.8 Å². The Morgan fingerprint density at radius 2 is 1.72 bits per heavy atom. The molecule has 1 aromatic rings. The molecule has 0 saturated carbocycles. The smallest absolute Gasteiger partial charge is 0.399 e. The molecule has 2 heterocycles. The standard InChI is InChI=1S/C19H27BN2O3/c1-18(2)19(3,4)25-20(24-18)15-6-7-17(14(12-15)13-21)22(5)16-8-10-23-11-9-16/h6-7,12,16H,8-11H2,1-5H3. The molecule has 25 heavy (non-hydrogen) atoms. The van der Waals surface area contributed by atoms with E-state index < -0.39 is 7.12 Å². The highest BCUT2D eigenvalue weighted by molar-refractivity contribution is 6.62. The van der Waals surface area contributed by atoms with Crippen molar-refractivity contribution in [1.82, 2.24) is 0 Å². The number of ether oxygens (including phenoxy) is 1. The maximum Gasteiger partial charge on any atom is 0.494 e. The Bertz CT molecular complexity index is 662. The lowest BCUT2D eigenvalue weighted by Gasteiger charge is -2.33. The van der Waals surface area contributed by atoms with E-state index in [1.807, 2.05) is 45.9 Å². The number of hydrogen-bond acceptors (Lipinski definition) is 5. The average molecular weight is 342 g/mol. The predicted octanol–water partition coefficient (Wildman–Crippen LogP) is 2.47. The summed E-state index contributed by atoms with van der Waals surface area (Å²) in [6.45, 7) is 9.69. The van der Waals surface area contributed by atoms with E-state index in [0.717, 1.165) is 37.2 Å². The Labute approximate surface area is 151 Å². The van der Waals surface area contributed by atoms with E-state index in [0.29, 0.717) is 11.6 Å². The predicted molar refractivity (Wildman–Crippen MR) is 99.1 cm³/mol. The Morgan fingerprint density at radius 3 is 2.28 bits per heavy atom. The highest BCUT2D eigenvalue weighted by Crippen LogP contribution is 2.36. The van der Waals surface area contributed by atoms with E-state index >= 15 is 0 Å². The van der Waals surface area contributed by atoms with Gasteiger partial charge in [0.1, 0.15) is 6.07 Å². The summed E-state index contributed by atoms with van der Waals surface area (Å²) in [5, 5.41) is 9.66. The van der Waals surface area contributed by atoms with Gasteiger partial charge in [-0.05, 0) is 58.1 Å². The van der Waals surface area contributed by atoms with Crippen LogP contribution in [0.5, 0.6) is 0 Å². The third-order valence-electron chi connectivity index (χ3n) is 5.79. The van der Waals surface area contributed by atoms with Crippen LogP contribution in [0, 0.1) is 11.3 Å². The van der Waals surface area contributed by atoms with E-state index in [4.69, 9.17) is 14.0 Å². The molecule has 0 radical (unpaired) electrons. The summed E-state index contributed by atoms with van der Waals surface area (Å²) in [6.07, 6.45) is 1.97. The average Bonchev–Trinajstić information content (AvgIpc) is 2.82. The Morgan fingerprint density at radius 1 is 1.12 bits per heavy atom. The van der Waals surface area contributed by atoms with Crippen LogP contribution in [0.2, 0.25) is 0 Å². The summed E-state index contributed by atoms with van der Waals surface area (Å²) >= 11 is 0. The molecule has 0 amide bonds. The van der Waals surface area contributed by atoms with Crippen LogP contribution in [0.25, 0.3) is 0 Å². The molecule has 0 unspecified atom stereocenters. The number of anilines is 1. The fourth-order valence-electron chi connectivity index (χ4n) is 3.35. The lowest BCUT2D eigenvalue weighted by molar-refractivity contribution is 0.00578. The minimum Gasteiger partial charge on any atom is -0.399 e. The normalized spacial score (nSPS) is 22.6. The van der Waals surface area contributed by atoms with Gasteiger partial charge in [-0.25, -0.2) is 0 Å². The molecule has 0 aliphatic carbocycles. The van der Waals surface area contributed by atoms with Crippen molar-refractivity contribution in [3.63, 3.8) is 0 Å². The van der Waals surface area contributed by atoms with Crippen molar-refractivity contribution in [2.75, 3.05) is 25.2 Å². The van der Waals surface area contributed by atoms with E-state index in [2.05, 4.69) is 18.0 Å². The molecule has 0 atom stereocenters. The third kappa shape index (κ3) is 3.41. The summed E-state index contributed by atoms with van der Waals surface area (Å²) in [4.78, 5) is 2.20. The first-order valence-electron chi connectivity index (χ1n) is 8.95. The van der Waals surface area contributed by atoms with Gasteiger partial charge in [-0.1, -0.05) is 6.07 Å². The lowest BCUT2D eigenvalue weighted by Crippen LogP contribution is -2.41. The van der Waals surface area contributed by atoms with Gasteiger partial charge in [-0.2, -0.15) is 5.26 Å². The summed E-state index contributed by atoms with van der Waals surface area (Å²) in [5.74, 6) is 0. The van der Waals surface area contributed by atoms with Crippen molar-refractivity contribution < 1.29 is 14.0 Å². The first kappa shape index (κ1) is 18.3. The number of nitrogens with zero attached hydrogens (tertiary/aromatic N) is 2. The Kier molecular flexibility index (Phi) is 4.85. The van der Waals surface area contributed by atoms with Gasteiger partial charge in [0.25, 0.3) is 0 Å². The van der Waals surface area contributed by atoms with Crippen LogP contribution in [0.15, 0.2) is 18.2 Å².